The van der Waals surface area contributed by atoms with E-state index in [2.05, 4.69) is 6.92 Å². The second kappa shape index (κ2) is 8.13. The molecule has 1 fully saturated rings. The number of halogens is 1. The molecule has 23 heavy (non-hydrogen) atoms. The van der Waals surface area contributed by atoms with Crippen LogP contribution < -0.4 is 0 Å². The average Bonchev–Trinajstić information content (AvgIpc) is 2.55. The molecule has 0 atom stereocenters. The van der Waals surface area contributed by atoms with Crippen LogP contribution in [0.2, 0.25) is 5.02 Å². The van der Waals surface area contributed by atoms with Crippen molar-refractivity contribution in [1.29, 1.82) is 0 Å². The molecular formula is C16H23ClN2O3S. The Labute approximate surface area is 143 Å². The Balaban J connectivity index is 1.93. The van der Waals surface area contributed by atoms with Gasteiger partial charge in [0, 0.05) is 37.6 Å². The molecule has 1 aromatic rings. The second-order valence-corrected chi connectivity index (χ2v) is 8.07. The number of carbonyl (C=O) groups excluding carboxylic acids is 1. The van der Waals surface area contributed by atoms with E-state index in [0.717, 1.165) is 19.3 Å². The molecule has 0 aromatic heterocycles. The third-order valence-electron chi connectivity index (χ3n) is 4.04. The van der Waals surface area contributed by atoms with E-state index < -0.39 is 10.0 Å². The zero-order valence-electron chi connectivity index (χ0n) is 13.4. The fourth-order valence-corrected chi connectivity index (χ4v) is 4.17. The number of unbranched alkanes of at least 4 members (excludes halogenated alkanes) is 2. The van der Waals surface area contributed by atoms with Crippen molar-refractivity contribution < 1.29 is 13.2 Å². The number of piperazine rings is 1. The molecule has 128 valence electrons. The van der Waals surface area contributed by atoms with Gasteiger partial charge in [0.15, 0.2) is 0 Å². The highest BCUT2D eigenvalue weighted by Crippen LogP contribution is 2.20. The Morgan fingerprint density at radius 3 is 2.26 bits per heavy atom. The minimum atomic E-state index is -3.51. The van der Waals surface area contributed by atoms with Gasteiger partial charge in [-0.25, -0.2) is 8.42 Å². The minimum absolute atomic E-state index is 0.127. The molecule has 0 radical (unpaired) electrons. The van der Waals surface area contributed by atoms with E-state index in [1.807, 2.05) is 0 Å². The molecule has 0 saturated carbocycles. The molecule has 7 heteroatoms. The average molecular weight is 359 g/mol. The molecule has 5 nitrogen and oxygen atoms in total. The first-order chi connectivity index (χ1) is 10.9. The zero-order chi connectivity index (χ0) is 16.9. The fraction of sp³-hybridized carbons (Fsp3) is 0.562. The van der Waals surface area contributed by atoms with Gasteiger partial charge in [0.25, 0.3) is 0 Å². The zero-order valence-corrected chi connectivity index (χ0v) is 14.9. The summed E-state index contributed by atoms with van der Waals surface area (Å²) in [6.45, 7) is 3.69. The molecule has 1 aromatic carbocycles. The highest BCUT2D eigenvalue weighted by Gasteiger charge is 2.29. The number of hydrogen-bond donors (Lipinski definition) is 0. The van der Waals surface area contributed by atoms with Gasteiger partial charge < -0.3 is 4.90 Å². The largest absolute Gasteiger partial charge is 0.340 e. The summed E-state index contributed by atoms with van der Waals surface area (Å²) >= 11 is 5.80. The van der Waals surface area contributed by atoms with E-state index in [9.17, 15) is 13.2 Å². The Morgan fingerprint density at radius 1 is 1.09 bits per heavy atom. The van der Waals surface area contributed by atoms with Crippen LogP contribution in [-0.4, -0.2) is 49.7 Å². The van der Waals surface area contributed by atoms with Gasteiger partial charge in [-0.1, -0.05) is 31.4 Å². The van der Waals surface area contributed by atoms with E-state index in [-0.39, 0.29) is 10.8 Å². The number of sulfonamides is 1. The number of amides is 1. The van der Waals surface area contributed by atoms with Crippen molar-refractivity contribution in [1.82, 2.24) is 9.21 Å². The summed E-state index contributed by atoms with van der Waals surface area (Å²) in [6, 6.07) is 6.17. The van der Waals surface area contributed by atoms with Crippen molar-refractivity contribution in [3.63, 3.8) is 0 Å². The van der Waals surface area contributed by atoms with Crippen molar-refractivity contribution in [3.05, 3.63) is 29.3 Å². The summed E-state index contributed by atoms with van der Waals surface area (Å²) in [7, 11) is -3.51. The van der Waals surface area contributed by atoms with Gasteiger partial charge in [-0.3, -0.25) is 4.79 Å². The summed E-state index contributed by atoms with van der Waals surface area (Å²) in [5.74, 6) is 0.127. The lowest BCUT2D eigenvalue weighted by Gasteiger charge is -2.34. The Hall–Kier alpha value is -1.11. The van der Waals surface area contributed by atoms with Crippen molar-refractivity contribution in [2.24, 2.45) is 0 Å². The molecule has 1 amide bonds. The molecule has 1 aliphatic heterocycles. The number of nitrogens with zero attached hydrogens (tertiary/aromatic N) is 2. The van der Waals surface area contributed by atoms with Crippen LogP contribution in [0.5, 0.6) is 0 Å². The van der Waals surface area contributed by atoms with Gasteiger partial charge in [-0.15, -0.1) is 0 Å². The van der Waals surface area contributed by atoms with Gasteiger partial charge in [-0.2, -0.15) is 4.31 Å². The molecule has 2 rings (SSSR count). The van der Waals surface area contributed by atoms with E-state index in [0.29, 0.717) is 37.6 Å². The third-order valence-corrected chi connectivity index (χ3v) is 6.20. The number of carbonyl (C=O) groups is 1. The predicted octanol–water partition coefficient (Wildman–Crippen LogP) is 2.75. The normalized spacial score (nSPS) is 16.5. The van der Waals surface area contributed by atoms with Crippen molar-refractivity contribution in [3.8, 4) is 0 Å². The summed E-state index contributed by atoms with van der Waals surface area (Å²) in [5, 5.41) is 0.506. The molecule has 0 unspecified atom stereocenters. The number of hydrogen-bond acceptors (Lipinski definition) is 3. The van der Waals surface area contributed by atoms with Crippen molar-refractivity contribution >= 4 is 27.5 Å². The maximum absolute atomic E-state index is 12.6. The van der Waals surface area contributed by atoms with Crippen LogP contribution in [0.3, 0.4) is 0 Å². The first-order valence-corrected chi connectivity index (χ1v) is 9.80. The van der Waals surface area contributed by atoms with Crippen LogP contribution in [0.4, 0.5) is 0 Å². The molecule has 0 spiro atoms. The first-order valence-electron chi connectivity index (χ1n) is 7.98. The van der Waals surface area contributed by atoms with Crippen LogP contribution in [0.1, 0.15) is 32.6 Å². The lowest BCUT2D eigenvalue weighted by atomic mass is 10.2. The monoisotopic (exact) mass is 358 g/mol. The van der Waals surface area contributed by atoms with E-state index in [1.165, 1.54) is 16.4 Å². The molecule has 0 bridgehead atoms. The maximum Gasteiger partial charge on any atom is 0.243 e. The smallest absolute Gasteiger partial charge is 0.243 e. The topological polar surface area (TPSA) is 57.7 Å². The highest BCUT2D eigenvalue weighted by atomic mass is 35.5. The Morgan fingerprint density at radius 2 is 1.70 bits per heavy atom. The quantitative estimate of drug-likeness (QED) is 0.735. The van der Waals surface area contributed by atoms with E-state index >= 15 is 0 Å². The van der Waals surface area contributed by atoms with Crippen LogP contribution >= 0.6 is 11.6 Å². The van der Waals surface area contributed by atoms with Crippen LogP contribution in [-0.2, 0) is 14.8 Å². The standard InChI is InChI=1S/C16H23ClN2O3S/c1-2-3-4-5-16(20)18-10-12-19(13-11-18)23(21,22)15-8-6-14(17)7-9-15/h6-9H,2-5,10-13H2,1H3. The lowest BCUT2D eigenvalue weighted by Crippen LogP contribution is -2.50. The van der Waals surface area contributed by atoms with Crippen LogP contribution in [0, 0.1) is 0 Å². The van der Waals surface area contributed by atoms with Gasteiger partial charge in [0.05, 0.1) is 4.90 Å². The van der Waals surface area contributed by atoms with Gasteiger partial charge in [-0.05, 0) is 30.7 Å². The Bertz CT molecular complexity index is 623. The summed E-state index contributed by atoms with van der Waals surface area (Å²) in [4.78, 5) is 14.1. The number of benzene rings is 1. The summed E-state index contributed by atoms with van der Waals surface area (Å²) in [5.41, 5.74) is 0. The van der Waals surface area contributed by atoms with Crippen LogP contribution in [0.15, 0.2) is 29.2 Å². The van der Waals surface area contributed by atoms with Gasteiger partial charge in [0.1, 0.15) is 0 Å². The molecule has 1 heterocycles. The fourth-order valence-electron chi connectivity index (χ4n) is 2.62. The Kier molecular flexibility index (Phi) is 6.44. The molecule has 0 N–H and O–H groups in total. The van der Waals surface area contributed by atoms with Gasteiger partial charge in [0.2, 0.25) is 15.9 Å². The maximum atomic E-state index is 12.6. The van der Waals surface area contributed by atoms with E-state index in [1.54, 1.807) is 17.0 Å². The molecule has 0 aliphatic carbocycles. The van der Waals surface area contributed by atoms with Crippen molar-refractivity contribution in [2.75, 3.05) is 26.2 Å². The lowest BCUT2D eigenvalue weighted by molar-refractivity contribution is -0.132. The minimum Gasteiger partial charge on any atom is -0.340 e. The van der Waals surface area contributed by atoms with Crippen LogP contribution in [0.25, 0.3) is 0 Å². The SMILES string of the molecule is CCCCCC(=O)N1CCN(S(=O)(=O)c2ccc(Cl)cc2)CC1. The predicted molar refractivity (Wildman–Crippen MR) is 90.9 cm³/mol. The molecule has 1 aliphatic rings. The first kappa shape index (κ1) is 18.2. The highest BCUT2D eigenvalue weighted by molar-refractivity contribution is 7.89. The summed E-state index contributed by atoms with van der Waals surface area (Å²) < 4.78 is 26.6. The van der Waals surface area contributed by atoms with Crippen molar-refractivity contribution in [2.45, 2.75) is 37.5 Å². The van der Waals surface area contributed by atoms with E-state index in [4.69, 9.17) is 11.6 Å². The third kappa shape index (κ3) is 4.68. The molecule has 1 saturated heterocycles. The number of rotatable bonds is 6. The second-order valence-electron chi connectivity index (χ2n) is 5.70. The summed E-state index contributed by atoms with van der Waals surface area (Å²) in [6.07, 6.45) is 3.59. The van der Waals surface area contributed by atoms with Gasteiger partial charge >= 0.3 is 0 Å². The molecular weight excluding hydrogens is 336 g/mol.